The first kappa shape index (κ1) is 18.1. The van der Waals surface area contributed by atoms with Crippen LogP contribution in [0.2, 0.25) is 10.0 Å². The first-order chi connectivity index (χ1) is 12.1. The molecule has 0 spiro atoms. The van der Waals surface area contributed by atoms with Gasteiger partial charge in [-0.3, -0.25) is 4.79 Å². The van der Waals surface area contributed by atoms with Gasteiger partial charge in [-0.1, -0.05) is 41.4 Å². The third-order valence-corrected chi connectivity index (χ3v) is 4.84. The summed E-state index contributed by atoms with van der Waals surface area (Å²) in [6.45, 7) is 2.67. The zero-order valence-corrected chi connectivity index (χ0v) is 15.4. The molecule has 1 saturated heterocycles. The van der Waals surface area contributed by atoms with Gasteiger partial charge in [0, 0.05) is 42.8 Å². The number of amides is 1. The van der Waals surface area contributed by atoms with Gasteiger partial charge in [-0.25, -0.2) is 0 Å². The predicted molar refractivity (Wildman–Crippen MR) is 105 cm³/mol. The third-order valence-electron chi connectivity index (χ3n) is 4.27. The van der Waals surface area contributed by atoms with Crippen molar-refractivity contribution in [3.8, 4) is 0 Å². The van der Waals surface area contributed by atoms with E-state index in [4.69, 9.17) is 23.2 Å². The van der Waals surface area contributed by atoms with Crippen molar-refractivity contribution in [2.45, 2.75) is 18.9 Å². The van der Waals surface area contributed by atoms with Crippen molar-refractivity contribution >= 4 is 40.5 Å². The number of carbonyl (C=O) groups excluding carboxylic acids is 1. The zero-order chi connectivity index (χ0) is 17.6. The van der Waals surface area contributed by atoms with Gasteiger partial charge in [0.1, 0.15) is 0 Å². The van der Waals surface area contributed by atoms with Crippen molar-refractivity contribution in [2.75, 3.05) is 30.3 Å². The van der Waals surface area contributed by atoms with Gasteiger partial charge in [0.2, 0.25) is 5.91 Å². The number of hydrogen-bond acceptors (Lipinski definition) is 3. The predicted octanol–water partition coefficient (Wildman–Crippen LogP) is 4.51. The highest BCUT2D eigenvalue weighted by molar-refractivity contribution is 6.35. The summed E-state index contributed by atoms with van der Waals surface area (Å²) < 4.78 is 0. The second kappa shape index (κ2) is 8.56. The number of para-hydroxylation sites is 1. The second-order valence-corrected chi connectivity index (χ2v) is 7.06. The molecule has 0 saturated carbocycles. The Balaban J connectivity index is 1.43. The summed E-state index contributed by atoms with van der Waals surface area (Å²) >= 11 is 12.0. The lowest BCUT2D eigenvalue weighted by atomic mass is 10.2. The summed E-state index contributed by atoms with van der Waals surface area (Å²) in [4.78, 5) is 14.5. The van der Waals surface area contributed by atoms with Crippen LogP contribution in [0.1, 0.15) is 12.8 Å². The average molecular weight is 378 g/mol. The van der Waals surface area contributed by atoms with Crippen LogP contribution in [0, 0.1) is 0 Å². The van der Waals surface area contributed by atoms with Crippen molar-refractivity contribution in [1.29, 1.82) is 0 Å². The van der Waals surface area contributed by atoms with Crippen molar-refractivity contribution < 1.29 is 4.79 Å². The molecule has 6 heteroatoms. The summed E-state index contributed by atoms with van der Waals surface area (Å²) in [7, 11) is 0. The lowest BCUT2D eigenvalue weighted by Gasteiger charge is -2.17. The molecule has 4 nitrogen and oxygen atoms in total. The molecule has 25 heavy (non-hydrogen) atoms. The Labute approximate surface area is 158 Å². The van der Waals surface area contributed by atoms with Crippen LogP contribution in [0.15, 0.2) is 48.5 Å². The zero-order valence-electron chi connectivity index (χ0n) is 13.8. The van der Waals surface area contributed by atoms with Gasteiger partial charge in [0.05, 0.1) is 10.7 Å². The normalized spacial score (nSPS) is 17.4. The Morgan fingerprint density at radius 1 is 1.16 bits per heavy atom. The molecule has 3 rings (SSSR count). The van der Waals surface area contributed by atoms with E-state index in [1.165, 1.54) is 0 Å². The van der Waals surface area contributed by atoms with Crippen LogP contribution in [0.25, 0.3) is 0 Å². The van der Waals surface area contributed by atoms with E-state index in [-0.39, 0.29) is 5.91 Å². The summed E-state index contributed by atoms with van der Waals surface area (Å²) in [5, 5.41) is 7.41. The molecule has 0 aliphatic carbocycles. The van der Waals surface area contributed by atoms with Crippen LogP contribution >= 0.6 is 23.2 Å². The van der Waals surface area contributed by atoms with E-state index in [2.05, 4.69) is 27.7 Å². The maximum absolute atomic E-state index is 12.2. The van der Waals surface area contributed by atoms with Crippen LogP contribution in [0.3, 0.4) is 0 Å². The third kappa shape index (κ3) is 5.36. The molecule has 2 aromatic carbocycles. The molecule has 0 bridgehead atoms. The minimum absolute atomic E-state index is 0.0522. The van der Waals surface area contributed by atoms with Gasteiger partial charge in [0.25, 0.3) is 0 Å². The van der Waals surface area contributed by atoms with E-state index in [9.17, 15) is 4.79 Å². The molecule has 1 amide bonds. The highest BCUT2D eigenvalue weighted by Crippen LogP contribution is 2.25. The quantitative estimate of drug-likeness (QED) is 0.778. The molecular weight excluding hydrogens is 357 g/mol. The maximum Gasteiger partial charge on any atom is 0.225 e. The number of rotatable bonds is 6. The van der Waals surface area contributed by atoms with Gasteiger partial charge in [-0.2, -0.15) is 0 Å². The highest BCUT2D eigenvalue weighted by Gasteiger charge is 2.22. The number of likely N-dealkylation sites (tertiary alicyclic amines) is 1. The molecule has 0 aromatic heterocycles. The molecule has 1 aliphatic rings. The molecule has 2 aromatic rings. The summed E-state index contributed by atoms with van der Waals surface area (Å²) in [6, 6.07) is 15.7. The summed E-state index contributed by atoms with van der Waals surface area (Å²) in [6.07, 6.45) is 1.51. The van der Waals surface area contributed by atoms with E-state index in [0.29, 0.717) is 28.2 Å². The molecule has 1 aliphatic heterocycles. The number of nitrogens with zero attached hydrogens (tertiary/aromatic N) is 1. The Hall–Kier alpha value is -1.75. The Kier molecular flexibility index (Phi) is 6.19. The Morgan fingerprint density at radius 2 is 1.96 bits per heavy atom. The fraction of sp³-hybridized carbons (Fsp3) is 0.316. The van der Waals surface area contributed by atoms with Crippen LogP contribution < -0.4 is 10.6 Å². The molecule has 1 fully saturated rings. The Morgan fingerprint density at radius 3 is 2.76 bits per heavy atom. The first-order valence-electron chi connectivity index (χ1n) is 8.39. The summed E-state index contributed by atoms with van der Waals surface area (Å²) in [5.41, 5.74) is 1.70. The largest absolute Gasteiger partial charge is 0.381 e. The van der Waals surface area contributed by atoms with Crippen molar-refractivity contribution in [3.05, 3.63) is 58.6 Å². The standard InChI is InChI=1S/C19H21Cl2N3O/c20-14-6-7-17(21)18(12-14)23-19(25)9-11-24-10-8-16(13-24)22-15-4-2-1-3-5-15/h1-7,12,16,22H,8-11,13H2,(H,23,25). The van der Waals surface area contributed by atoms with E-state index < -0.39 is 0 Å². The fourth-order valence-corrected chi connectivity index (χ4v) is 3.33. The molecule has 132 valence electrons. The molecule has 1 heterocycles. The Bertz CT molecular complexity index is 724. The SMILES string of the molecule is O=C(CCN1CCC(Nc2ccccc2)C1)Nc1cc(Cl)ccc1Cl. The molecule has 0 radical (unpaired) electrons. The molecule has 1 atom stereocenters. The van der Waals surface area contributed by atoms with Gasteiger partial charge in [-0.15, -0.1) is 0 Å². The molecule has 1 unspecified atom stereocenters. The number of nitrogens with one attached hydrogen (secondary N) is 2. The van der Waals surface area contributed by atoms with E-state index in [0.717, 1.165) is 31.7 Å². The van der Waals surface area contributed by atoms with Crippen LogP contribution in [-0.4, -0.2) is 36.5 Å². The van der Waals surface area contributed by atoms with E-state index >= 15 is 0 Å². The average Bonchev–Trinajstić information content (AvgIpc) is 3.05. The van der Waals surface area contributed by atoms with Crippen molar-refractivity contribution in [2.24, 2.45) is 0 Å². The van der Waals surface area contributed by atoms with Crippen molar-refractivity contribution in [1.82, 2.24) is 4.90 Å². The van der Waals surface area contributed by atoms with Gasteiger partial charge in [0.15, 0.2) is 0 Å². The smallest absolute Gasteiger partial charge is 0.225 e. The fourth-order valence-electron chi connectivity index (χ4n) is 2.99. The number of anilines is 2. The minimum atomic E-state index is -0.0522. The number of carbonyl (C=O) groups is 1. The van der Waals surface area contributed by atoms with E-state index in [1.54, 1.807) is 18.2 Å². The molecule has 2 N–H and O–H groups in total. The highest BCUT2D eigenvalue weighted by atomic mass is 35.5. The van der Waals surface area contributed by atoms with Crippen LogP contribution in [0.4, 0.5) is 11.4 Å². The first-order valence-corrected chi connectivity index (χ1v) is 9.14. The van der Waals surface area contributed by atoms with Gasteiger partial charge >= 0.3 is 0 Å². The van der Waals surface area contributed by atoms with Crippen molar-refractivity contribution in [3.63, 3.8) is 0 Å². The van der Waals surface area contributed by atoms with Gasteiger partial charge < -0.3 is 15.5 Å². The number of hydrogen-bond donors (Lipinski definition) is 2. The summed E-state index contributed by atoms with van der Waals surface area (Å²) in [5.74, 6) is -0.0522. The lowest BCUT2D eigenvalue weighted by molar-refractivity contribution is -0.116. The second-order valence-electron chi connectivity index (χ2n) is 6.22. The van der Waals surface area contributed by atoms with Crippen LogP contribution in [0.5, 0.6) is 0 Å². The number of benzene rings is 2. The van der Waals surface area contributed by atoms with Crippen LogP contribution in [-0.2, 0) is 4.79 Å². The monoisotopic (exact) mass is 377 g/mol. The minimum Gasteiger partial charge on any atom is -0.381 e. The van der Waals surface area contributed by atoms with Gasteiger partial charge in [-0.05, 0) is 36.8 Å². The maximum atomic E-state index is 12.2. The lowest BCUT2D eigenvalue weighted by Crippen LogP contribution is -2.29. The number of halogens is 2. The molecular formula is C19H21Cl2N3O. The topological polar surface area (TPSA) is 44.4 Å². The van der Waals surface area contributed by atoms with E-state index in [1.807, 2.05) is 18.2 Å².